The number of aryl methyl sites for hydroxylation is 1. The van der Waals surface area contributed by atoms with Gasteiger partial charge in [-0.05, 0) is 34.0 Å². The molecule has 0 aromatic heterocycles. The molecular formula is C25H14O2. The van der Waals surface area contributed by atoms with Crippen molar-refractivity contribution in [3.63, 3.8) is 0 Å². The SMILES string of the molecule is Cc1c2c(=O)c3ccccc3c3cccc4c5ccccc5c(=O)c1c4c23. The molecule has 6 rings (SSSR count). The van der Waals surface area contributed by atoms with Gasteiger partial charge in [0.25, 0.3) is 0 Å². The minimum Gasteiger partial charge on any atom is -0.289 e. The molecule has 2 heteroatoms. The predicted molar refractivity (Wildman–Crippen MR) is 114 cm³/mol. The normalized spacial score (nSPS) is 12.2. The van der Waals surface area contributed by atoms with Crippen molar-refractivity contribution in [1.82, 2.24) is 0 Å². The Hall–Kier alpha value is -3.52. The molecule has 0 N–H and O–H groups in total. The summed E-state index contributed by atoms with van der Waals surface area (Å²) >= 11 is 0. The van der Waals surface area contributed by atoms with Crippen LogP contribution in [-0.2, 0) is 0 Å². The highest BCUT2D eigenvalue weighted by Crippen LogP contribution is 2.40. The summed E-state index contributed by atoms with van der Waals surface area (Å²) in [5.41, 5.74) is 0.836. The molecular weight excluding hydrogens is 332 g/mol. The van der Waals surface area contributed by atoms with Crippen LogP contribution >= 0.6 is 0 Å². The predicted octanol–water partition coefficient (Wildman–Crippen LogP) is 5.36. The molecule has 0 aliphatic carbocycles. The lowest BCUT2D eigenvalue weighted by Crippen LogP contribution is -2.03. The third-order valence-corrected chi connectivity index (χ3v) is 5.94. The van der Waals surface area contributed by atoms with Gasteiger partial charge in [-0.1, -0.05) is 66.7 Å². The van der Waals surface area contributed by atoms with E-state index in [1.54, 1.807) is 0 Å². The smallest absolute Gasteiger partial charge is 0.194 e. The highest BCUT2D eigenvalue weighted by molar-refractivity contribution is 6.35. The molecule has 0 atom stereocenters. The molecule has 0 radical (unpaired) electrons. The summed E-state index contributed by atoms with van der Waals surface area (Å²) in [5, 5.41) is 8.60. The molecule has 0 heterocycles. The van der Waals surface area contributed by atoms with Crippen molar-refractivity contribution in [1.29, 1.82) is 0 Å². The average Bonchev–Trinajstić information content (AvgIpc) is 2.87. The number of hydrogen-bond acceptors (Lipinski definition) is 2. The van der Waals surface area contributed by atoms with Crippen LogP contribution in [0.2, 0.25) is 0 Å². The first-order chi connectivity index (χ1) is 13.2. The molecule has 6 aromatic carbocycles. The van der Waals surface area contributed by atoms with E-state index in [-0.39, 0.29) is 10.9 Å². The summed E-state index contributed by atoms with van der Waals surface area (Å²) in [6.07, 6.45) is 0. The second-order valence-corrected chi connectivity index (χ2v) is 7.23. The van der Waals surface area contributed by atoms with Gasteiger partial charge in [0.15, 0.2) is 10.9 Å². The Bertz CT molecular complexity index is 1540. The Morgan fingerprint density at radius 1 is 0.444 bits per heavy atom. The van der Waals surface area contributed by atoms with Gasteiger partial charge in [0.2, 0.25) is 0 Å². The van der Waals surface area contributed by atoms with Gasteiger partial charge in [0.1, 0.15) is 0 Å². The molecule has 6 aromatic rings. The van der Waals surface area contributed by atoms with Crippen LogP contribution in [0, 0.1) is 6.92 Å². The van der Waals surface area contributed by atoms with E-state index in [1.807, 2.05) is 61.5 Å². The lowest BCUT2D eigenvalue weighted by Gasteiger charge is -2.04. The molecule has 0 spiro atoms. The first kappa shape index (κ1) is 14.6. The first-order valence-corrected chi connectivity index (χ1v) is 9.06. The topological polar surface area (TPSA) is 34.1 Å². The number of rotatable bonds is 0. The van der Waals surface area contributed by atoms with Crippen LogP contribution in [0.15, 0.2) is 76.3 Å². The van der Waals surface area contributed by atoms with Crippen molar-refractivity contribution >= 4 is 53.9 Å². The second-order valence-electron chi connectivity index (χ2n) is 7.23. The Morgan fingerprint density at radius 3 is 1.26 bits per heavy atom. The second kappa shape index (κ2) is 4.80. The van der Waals surface area contributed by atoms with Crippen LogP contribution in [0.4, 0.5) is 0 Å². The summed E-state index contributed by atoms with van der Waals surface area (Å²) in [5.74, 6) is 0. The quantitative estimate of drug-likeness (QED) is 0.371. The van der Waals surface area contributed by atoms with Gasteiger partial charge in [0.05, 0.1) is 0 Å². The van der Waals surface area contributed by atoms with Crippen molar-refractivity contribution in [2.24, 2.45) is 0 Å². The Morgan fingerprint density at radius 2 is 0.815 bits per heavy atom. The van der Waals surface area contributed by atoms with Gasteiger partial charge in [-0.25, -0.2) is 0 Å². The van der Waals surface area contributed by atoms with Gasteiger partial charge in [-0.2, -0.15) is 0 Å². The maximum absolute atomic E-state index is 13.3. The molecule has 0 unspecified atom stereocenters. The Balaban J connectivity index is 2.16. The van der Waals surface area contributed by atoms with E-state index in [9.17, 15) is 9.59 Å². The number of hydrogen-bond donors (Lipinski definition) is 0. The molecule has 0 bridgehead atoms. The molecule has 0 amide bonds. The maximum Gasteiger partial charge on any atom is 0.194 e. The van der Waals surface area contributed by atoms with Crippen molar-refractivity contribution in [3.05, 3.63) is 92.7 Å². The molecule has 126 valence electrons. The molecule has 0 aliphatic heterocycles. The van der Waals surface area contributed by atoms with E-state index in [1.165, 1.54) is 0 Å². The monoisotopic (exact) mass is 346 g/mol. The fourth-order valence-corrected chi connectivity index (χ4v) is 4.81. The number of fused-ring (bicyclic) bond motifs is 4. The highest BCUT2D eigenvalue weighted by atomic mass is 16.1. The van der Waals surface area contributed by atoms with E-state index in [4.69, 9.17) is 0 Å². The summed E-state index contributed by atoms with van der Waals surface area (Å²) in [4.78, 5) is 26.7. The standard InChI is InChI=1S/C25H14O2/c1-13-20-22-16(14-7-2-4-9-18(14)24(20)26)11-6-12-17-15-8-3-5-10-19(15)25(27)21(13)23(17)22/h2-12H,1H3. The molecule has 0 aliphatic rings. The van der Waals surface area contributed by atoms with Gasteiger partial charge in [0, 0.05) is 32.3 Å². The maximum atomic E-state index is 13.3. The summed E-state index contributed by atoms with van der Waals surface area (Å²) in [7, 11) is 0. The zero-order chi connectivity index (χ0) is 18.3. The molecule has 0 fully saturated rings. The molecule has 2 nitrogen and oxygen atoms in total. The van der Waals surface area contributed by atoms with Gasteiger partial charge in [-0.15, -0.1) is 0 Å². The van der Waals surface area contributed by atoms with Crippen molar-refractivity contribution in [2.45, 2.75) is 6.92 Å². The van der Waals surface area contributed by atoms with Gasteiger partial charge < -0.3 is 0 Å². The van der Waals surface area contributed by atoms with Crippen LogP contribution in [0.3, 0.4) is 0 Å². The summed E-state index contributed by atoms with van der Waals surface area (Å²) in [6.45, 7) is 1.91. The summed E-state index contributed by atoms with van der Waals surface area (Å²) < 4.78 is 0. The minimum absolute atomic E-state index is 0.0164. The van der Waals surface area contributed by atoms with E-state index >= 15 is 0 Å². The molecule has 27 heavy (non-hydrogen) atoms. The third kappa shape index (κ3) is 1.61. The van der Waals surface area contributed by atoms with Gasteiger partial charge in [-0.3, -0.25) is 9.59 Å². The van der Waals surface area contributed by atoms with Crippen LogP contribution in [0.1, 0.15) is 5.56 Å². The minimum atomic E-state index is 0.0164. The van der Waals surface area contributed by atoms with Crippen LogP contribution in [0.5, 0.6) is 0 Å². The fraction of sp³-hybridized carbons (Fsp3) is 0.0400. The van der Waals surface area contributed by atoms with Crippen LogP contribution < -0.4 is 10.9 Å². The lowest BCUT2D eigenvalue weighted by atomic mass is 9.98. The van der Waals surface area contributed by atoms with Crippen LogP contribution in [0.25, 0.3) is 53.9 Å². The Kier molecular flexibility index (Phi) is 2.60. The first-order valence-electron chi connectivity index (χ1n) is 9.06. The van der Waals surface area contributed by atoms with E-state index in [2.05, 4.69) is 12.1 Å². The zero-order valence-electron chi connectivity index (χ0n) is 14.7. The average molecular weight is 346 g/mol. The zero-order valence-corrected chi connectivity index (χ0v) is 14.7. The van der Waals surface area contributed by atoms with Crippen molar-refractivity contribution in [2.75, 3.05) is 0 Å². The van der Waals surface area contributed by atoms with Crippen molar-refractivity contribution < 1.29 is 0 Å². The van der Waals surface area contributed by atoms with Gasteiger partial charge >= 0.3 is 0 Å². The highest BCUT2D eigenvalue weighted by Gasteiger charge is 2.22. The van der Waals surface area contributed by atoms with E-state index in [0.717, 1.165) is 37.9 Å². The fourth-order valence-electron chi connectivity index (χ4n) is 4.81. The number of benzene rings is 4. The molecule has 0 saturated heterocycles. The largest absolute Gasteiger partial charge is 0.289 e. The molecule has 0 saturated carbocycles. The lowest BCUT2D eigenvalue weighted by molar-refractivity contribution is 1.59. The third-order valence-electron chi connectivity index (χ3n) is 5.94. The van der Waals surface area contributed by atoms with E-state index < -0.39 is 0 Å². The van der Waals surface area contributed by atoms with E-state index in [0.29, 0.717) is 21.5 Å². The van der Waals surface area contributed by atoms with Crippen molar-refractivity contribution in [3.8, 4) is 0 Å². The van der Waals surface area contributed by atoms with Crippen LogP contribution in [-0.4, -0.2) is 0 Å². The summed E-state index contributed by atoms with van der Waals surface area (Å²) in [6, 6.07) is 21.6. The Labute approximate surface area is 154 Å².